The van der Waals surface area contributed by atoms with Gasteiger partial charge in [-0.2, -0.15) is 5.10 Å². The number of hydrogen-bond acceptors (Lipinski definition) is 1. The molecule has 1 aromatic rings. The minimum Gasteiger partial charge on any atom is -0.241 e. The van der Waals surface area contributed by atoms with Crippen molar-refractivity contribution in [2.45, 2.75) is 13.3 Å². The lowest BCUT2D eigenvalue weighted by atomic mass is 10.0. The molecule has 66 valence electrons. The summed E-state index contributed by atoms with van der Waals surface area (Å²) >= 11 is 0. The normalized spacial score (nSPS) is 30.5. The zero-order valence-electron chi connectivity index (χ0n) is 7.64. The fraction of sp³-hybridized carbons (Fsp3) is 0.364. The van der Waals surface area contributed by atoms with Gasteiger partial charge in [0.1, 0.15) is 0 Å². The summed E-state index contributed by atoms with van der Waals surface area (Å²) in [5.41, 5.74) is 2.75. The molecular weight excluding hydrogens is 160 g/mol. The standard InChI is InChI=1S/C11H12N2/c1-8-5-10(6-9-7-11(8)9)13-4-2-3-12-13/h2-6,9,11H,7H2,1H3. The van der Waals surface area contributed by atoms with E-state index in [1.807, 2.05) is 23.1 Å². The van der Waals surface area contributed by atoms with E-state index in [1.165, 1.54) is 17.7 Å². The number of aromatic nitrogens is 2. The first-order valence-corrected chi connectivity index (χ1v) is 4.74. The molecule has 0 aliphatic heterocycles. The van der Waals surface area contributed by atoms with Gasteiger partial charge in [-0.05, 0) is 37.3 Å². The molecule has 0 N–H and O–H groups in total. The van der Waals surface area contributed by atoms with Gasteiger partial charge in [0.25, 0.3) is 0 Å². The van der Waals surface area contributed by atoms with Gasteiger partial charge in [0.2, 0.25) is 0 Å². The number of nitrogens with zero attached hydrogens (tertiary/aromatic N) is 2. The fourth-order valence-corrected chi connectivity index (χ4v) is 2.09. The zero-order chi connectivity index (χ0) is 8.84. The Kier molecular flexibility index (Phi) is 1.29. The van der Waals surface area contributed by atoms with Crippen LogP contribution in [0.2, 0.25) is 0 Å². The summed E-state index contributed by atoms with van der Waals surface area (Å²) in [6.45, 7) is 2.22. The molecule has 3 rings (SSSR count). The van der Waals surface area contributed by atoms with Crippen LogP contribution in [0.1, 0.15) is 13.3 Å². The average Bonchev–Trinajstić information content (AvgIpc) is 2.72. The maximum absolute atomic E-state index is 4.23. The zero-order valence-corrected chi connectivity index (χ0v) is 7.64. The Bertz CT molecular complexity index is 384. The Morgan fingerprint density at radius 3 is 3.15 bits per heavy atom. The van der Waals surface area contributed by atoms with Crippen molar-refractivity contribution in [3.05, 3.63) is 36.2 Å². The molecule has 2 atom stereocenters. The number of fused-ring (bicyclic) bond motifs is 1. The highest BCUT2D eigenvalue weighted by Gasteiger charge is 2.39. The van der Waals surface area contributed by atoms with Crippen molar-refractivity contribution in [3.63, 3.8) is 0 Å². The predicted octanol–water partition coefficient (Wildman–Crippen LogP) is 2.32. The van der Waals surface area contributed by atoms with E-state index in [9.17, 15) is 0 Å². The highest BCUT2D eigenvalue weighted by Crippen LogP contribution is 2.49. The summed E-state index contributed by atoms with van der Waals surface area (Å²) < 4.78 is 1.94. The molecule has 1 saturated carbocycles. The first kappa shape index (κ1) is 7.13. The molecule has 1 aromatic heterocycles. The maximum Gasteiger partial charge on any atom is 0.0608 e. The van der Waals surface area contributed by atoms with Crippen LogP contribution in [0.4, 0.5) is 0 Å². The lowest BCUT2D eigenvalue weighted by Gasteiger charge is -2.09. The molecule has 0 radical (unpaired) electrons. The van der Waals surface area contributed by atoms with Crippen LogP contribution in [0.25, 0.3) is 5.70 Å². The van der Waals surface area contributed by atoms with E-state index in [1.54, 1.807) is 0 Å². The van der Waals surface area contributed by atoms with E-state index in [-0.39, 0.29) is 0 Å². The Morgan fingerprint density at radius 1 is 1.54 bits per heavy atom. The van der Waals surface area contributed by atoms with Crippen molar-refractivity contribution in [1.29, 1.82) is 0 Å². The van der Waals surface area contributed by atoms with Crippen LogP contribution in [0.5, 0.6) is 0 Å². The van der Waals surface area contributed by atoms with Crippen LogP contribution < -0.4 is 0 Å². The molecule has 1 fully saturated rings. The average molecular weight is 172 g/mol. The van der Waals surface area contributed by atoms with E-state index < -0.39 is 0 Å². The monoisotopic (exact) mass is 172 g/mol. The van der Waals surface area contributed by atoms with Gasteiger partial charge in [0, 0.05) is 12.4 Å². The predicted molar refractivity (Wildman–Crippen MR) is 51.9 cm³/mol. The summed E-state index contributed by atoms with van der Waals surface area (Å²) in [6.07, 6.45) is 9.75. The van der Waals surface area contributed by atoms with Gasteiger partial charge < -0.3 is 0 Å². The quantitative estimate of drug-likeness (QED) is 0.635. The van der Waals surface area contributed by atoms with Crippen LogP contribution >= 0.6 is 0 Å². The maximum atomic E-state index is 4.23. The third-order valence-corrected chi connectivity index (χ3v) is 2.95. The van der Waals surface area contributed by atoms with Gasteiger partial charge in [-0.15, -0.1) is 0 Å². The Labute approximate surface area is 77.6 Å². The van der Waals surface area contributed by atoms with Gasteiger partial charge in [-0.25, -0.2) is 4.68 Å². The molecule has 2 nitrogen and oxygen atoms in total. The van der Waals surface area contributed by atoms with E-state index in [4.69, 9.17) is 0 Å². The summed E-state index contributed by atoms with van der Waals surface area (Å²) in [6, 6.07) is 1.96. The molecule has 0 amide bonds. The lowest BCUT2D eigenvalue weighted by molar-refractivity contribution is 0.855. The molecule has 2 aliphatic rings. The van der Waals surface area contributed by atoms with E-state index in [0.717, 1.165) is 11.8 Å². The Balaban J connectivity index is 2.01. The molecule has 0 saturated heterocycles. The van der Waals surface area contributed by atoms with Crippen molar-refractivity contribution >= 4 is 5.70 Å². The van der Waals surface area contributed by atoms with Gasteiger partial charge >= 0.3 is 0 Å². The molecule has 0 bridgehead atoms. The molecular formula is C11H12N2. The largest absolute Gasteiger partial charge is 0.241 e. The second kappa shape index (κ2) is 2.34. The minimum absolute atomic E-state index is 0.796. The van der Waals surface area contributed by atoms with Crippen molar-refractivity contribution in [1.82, 2.24) is 9.78 Å². The molecule has 2 aliphatic carbocycles. The number of hydrogen-bond donors (Lipinski definition) is 0. The summed E-state index contributed by atoms with van der Waals surface area (Å²) in [4.78, 5) is 0. The Morgan fingerprint density at radius 2 is 2.46 bits per heavy atom. The van der Waals surface area contributed by atoms with Crippen LogP contribution in [0.3, 0.4) is 0 Å². The molecule has 13 heavy (non-hydrogen) atoms. The van der Waals surface area contributed by atoms with Crippen LogP contribution in [0, 0.1) is 11.8 Å². The van der Waals surface area contributed by atoms with E-state index in [0.29, 0.717) is 0 Å². The summed E-state index contributed by atoms with van der Waals surface area (Å²) in [7, 11) is 0. The molecule has 0 spiro atoms. The Hall–Kier alpha value is -1.31. The first-order chi connectivity index (χ1) is 6.34. The van der Waals surface area contributed by atoms with Crippen LogP contribution in [0.15, 0.2) is 36.2 Å². The van der Waals surface area contributed by atoms with Crippen molar-refractivity contribution < 1.29 is 0 Å². The minimum atomic E-state index is 0.796. The topological polar surface area (TPSA) is 17.8 Å². The van der Waals surface area contributed by atoms with Gasteiger partial charge in [-0.3, -0.25) is 0 Å². The van der Waals surface area contributed by atoms with Crippen molar-refractivity contribution in [2.24, 2.45) is 11.8 Å². The van der Waals surface area contributed by atoms with Crippen molar-refractivity contribution in [3.8, 4) is 0 Å². The number of allylic oxidation sites excluding steroid dienone is 4. The highest BCUT2D eigenvalue weighted by molar-refractivity contribution is 5.61. The number of rotatable bonds is 1. The molecule has 1 heterocycles. The SMILES string of the molecule is CC1=CC(n2cccn2)=CC2CC12. The second-order valence-electron chi connectivity index (χ2n) is 3.94. The van der Waals surface area contributed by atoms with Gasteiger partial charge in [0.15, 0.2) is 0 Å². The van der Waals surface area contributed by atoms with E-state index in [2.05, 4.69) is 24.2 Å². The summed E-state index contributed by atoms with van der Waals surface area (Å²) in [5, 5.41) is 4.23. The van der Waals surface area contributed by atoms with E-state index >= 15 is 0 Å². The lowest BCUT2D eigenvalue weighted by Crippen LogP contribution is -2.00. The first-order valence-electron chi connectivity index (χ1n) is 4.74. The smallest absolute Gasteiger partial charge is 0.0608 e. The van der Waals surface area contributed by atoms with Crippen LogP contribution in [-0.4, -0.2) is 9.78 Å². The van der Waals surface area contributed by atoms with Gasteiger partial charge in [-0.1, -0.05) is 11.6 Å². The molecule has 2 heteroatoms. The summed E-state index contributed by atoms with van der Waals surface area (Å²) in [5.74, 6) is 1.64. The van der Waals surface area contributed by atoms with Gasteiger partial charge in [0.05, 0.1) is 5.70 Å². The van der Waals surface area contributed by atoms with Crippen molar-refractivity contribution in [2.75, 3.05) is 0 Å². The third kappa shape index (κ3) is 1.05. The second-order valence-corrected chi connectivity index (χ2v) is 3.94. The molecule has 0 aromatic carbocycles. The fourth-order valence-electron chi connectivity index (χ4n) is 2.09. The third-order valence-electron chi connectivity index (χ3n) is 2.95. The molecule has 2 unspecified atom stereocenters. The van der Waals surface area contributed by atoms with Crippen LogP contribution in [-0.2, 0) is 0 Å². The highest BCUT2D eigenvalue weighted by atomic mass is 15.3.